The van der Waals surface area contributed by atoms with E-state index in [-0.39, 0.29) is 0 Å². The van der Waals surface area contributed by atoms with Gasteiger partial charge in [-0.05, 0) is 57.2 Å². The summed E-state index contributed by atoms with van der Waals surface area (Å²) in [6, 6.07) is 3.00. The quantitative estimate of drug-likeness (QED) is 0.778. The summed E-state index contributed by atoms with van der Waals surface area (Å²) in [5, 5.41) is 3.58. The number of aryl methyl sites for hydroxylation is 2. The monoisotopic (exact) mass is 237 g/mol. The summed E-state index contributed by atoms with van der Waals surface area (Å²) in [5.41, 5.74) is 1.64. The second-order valence-electron chi connectivity index (χ2n) is 4.83. The number of fused-ring (bicyclic) bond motifs is 1. The van der Waals surface area contributed by atoms with Crippen molar-refractivity contribution in [1.29, 1.82) is 0 Å². The molecule has 0 radical (unpaired) electrons. The summed E-state index contributed by atoms with van der Waals surface area (Å²) in [6.07, 6.45) is 8.05. The highest BCUT2D eigenvalue weighted by Crippen LogP contribution is 2.32. The number of hydrogen-bond donors (Lipinski definition) is 1. The Kier molecular flexibility index (Phi) is 4.42. The standard InChI is InChI=1S/C14H23NS/c1-3-9-15-11(2)14-10-12-7-5-4-6-8-13(12)16-14/h10-11,15H,3-9H2,1-2H3. The SMILES string of the molecule is CCCNC(C)c1cc2c(s1)CCCCC2. The number of hydrogen-bond acceptors (Lipinski definition) is 2. The summed E-state index contributed by atoms with van der Waals surface area (Å²) in [6.45, 7) is 5.65. The summed E-state index contributed by atoms with van der Waals surface area (Å²) >= 11 is 2.04. The molecule has 0 amide bonds. The Hall–Kier alpha value is -0.340. The second-order valence-corrected chi connectivity index (χ2v) is 6.00. The van der Waals surface area contributed by atoms with E-state index in [1.54, 1.807) is 15.3 Å². The van der Waals surface area contributed by atoms with Crippen LogP contribution in [0.3, 0.4) is 0 Å². The van der Waals surface area contributed by atoms with Crippen LogP contribution < -0.4 is 5.32 Å². The van der Waals surface area contributed by atoms with Gasteiger partial charge in [0.15, 0.2) is 0 Å². The van der Waals surface area contributed by atoms with Gasteiger partial charge in [0.25, 0.3) is 0 Å². The molecule has 0 aliphatic heterocycles. The molecule has 1 aromatic rings. The van der Waals surface area contributed by atoms with E-state index in [1.807, 2.05) is 11.3 Å². The molecule has 0 aromatic carbocycles. The molecule has 0 saturated heterocycles. The van der Waals surface area contributed by atoms with Crippen molar-refractivity contribution in [2.24, 2.45) is 0 Å². The molecule has 0 bridgehead atoms. The van der Waals surface area contributed by atoms with Gasteiger partial charge in [0.2, 0.25) is 0 Å². The lowest BCUT2D eigenvalue weighted by atomic mass is 10.1. The Morgan fingerprint density at radius 2 is 2.12 bits per heavy atom. The van der Waals surface area contributed by atoms with Crippen molar-refractivity contribution in [3.8, 4) is 0 Å². The molecule has 0 fully saturated rings. The first kappa shape index (κ1) is 12.1. The first-order valence-electron chi connectivity index (χ1n) is 6.66. The molecule has 90 valence electrons. The lowest BCUT2D eigenvalue weighted by Gasteiger charge is -2.10. The molecule has 1 aromatic heterocycles. The van der Waals surface area contributed by atoms with E-state index >= 15 is 0 Å². The predicted molar refractivity (Wildman–Crippen MR) is 72.3 cm³/mol. The molecule has 0 saturated carbocycles. The van der Waals surface area contributed by atoms with Gasteiger partial charge in [0.05, 0.1) is 0 Å². The Morgan fingerprint density at radius 3 is 2.94 bits per heavy atom. The van der Waals surface area contributed by atoms with Gasteiger partial charge in [-0.25, -0.2) is 0 Å². The first-order chi connectivity index (χ1) is 7.81. The number of rotatable bonds is 4. The molecular formula is C14H23NS. The van der Waals surface area contributed by atoms with Crippen molar-refractivity contribution >= 4 is 11.3 Å². The molecule has 2 heteroatoms. The van der Waals surface area contributed by atoms with Gasteiger partial charge < -0.3 is 5.32 Å². The van der Waals surface area contributed by atoms with Gasteiger partial charge in [-0.3, -0.25) is 0 Å². The van der Waals surface area contributed by atoms with Gasteiger partial charge in [-0.2, -0.15) is 0 Å². The summed E-state index contributed by atoms with van der Waals surface area (Å²) in [7, 11) is 0. The van der Waals surface area contributed by atoms with Gasteiger partial charge in [0.1, 0.15) is 0 Å². The lowest BCUT2D eigenvalue weighted by Crippen LogP contribution is -2.18. The largest absolute Gasteiger partial charge is 0.309 e. The molecule has 1 aliphatic rings. The van der Waals surface area contributed by atoms with Crippen molar-refractivity contribution in [2.45, 2.75) is 58.4 Å². The van der Waals surface area contributed by atoms with Gasteiger partial charge >= 0.3 is 0 Å². The second kappa shape index (κ2) is 5.83. The smallest absolute Gasteiger partial charge is 0.0386 e. The molecule has 1 N–H and O–H groups in total. The normalized spacial score (nSPS) is 17.9. The van der Waals surface area contributed by atoms with Gasteiger partial charge in [-0.1, -0.05) is 13.3 Å². The highest BCUT2D eigenvalue weighted by Gasteiger charge is 2.15. The highest BCUT2D eigenvalue weighted by atomic mass is 32.1. The highest BCUT2D eigenvalue weighted by molar-refractivity contribution is 7.12. The maximum Gasteiger partial charge on any atom is 0.0386 e. The zero-order valence-electron chi connectivity index (χ0n) is 10.5. The molecule has 1 heterocycles. The Labute approximate surface area is 103 Å². The van der Waals surface area contributed by atoms with E-state index in [0.29, 0.717) is 6.04 Å². The van der Waals surface area contributed by atoms with Gasteiger partial charge in [-0.15, -0.1) is 11.3 Å². The molecule has 2 rings (SSSR count). The van der Waals surface area contributed by atoms with Gasteiger partial charge in [0, 0.05) is 15.8 Å². The molecular weight excluding hydrogens is 214 g/mol. The average Bonchev–Trinajstić information content (AvgIpc) is 2.58. The van der Waals surface area contributed by atoms with Crippen LogP contribution in [-0.4, -0.2) is 6.54 Å². The van der Waals surface area contributed by atoms with Crippen molar-refractivity contribution in [2.75, 3.05) is 6.54 Å². The van der Waals surface area contributed by atoms with Crippen LogP contribution in [0.5, 0.6) is 0 Å². The third-order valence-electron chi connectivity index (χ3n) is 3.39. The van der Waals surface area contributed by atoms with Crippen molar-refractivity contribution in [3.63, 3.8) is 0 Å². The van der Waals surface area contributed by atoms with Crippen molar-refractivity contribution in [1.82, 2.24) is 5.32 Å². The fourth-order valence-corrected chi connectivity index (χ4v) is 3.65. The Balaban J connectivity index is 2.05. The molecule has 16 heavy (non-hydrogen) atoms. The Morgan fingerprint density at radius 1 is 1.31 bits per heavy atom. The maximum absolute atomic E-state index is 3.58. The number of thiophene rings is 1. The fourth-order valence-electron chi connectivity index (χ4n) is 2.37. The minimum absolute atomic E-state index is 0.539. The molecule has 1 aliphatic carbocycles. The molecule has 1 nitrogen and oxygen atoms in total. The van der Waals surface area contributed by atoms with Crippen LogP contribution in [-0.2, 0) is 12.8 Å². The third kappa shape index (κ3) is 2.86. The van der Waals surface area contributed by atoms with Crippen LogP contribution in [0.4, 0.5) is 0 Å². The lowest BCUT2D eigenvalue weighted by molar-refractivity contribution is 0.578. The topological polar surface area (TPSA) is 12.0 Å². The van der Waals surface area contributed by atoms with Crippen LogP contribution in [0.25, 0.3) is 0 Å². The first-order valence-corrected chi connectivity index (χ1v) is 7.47. The van der Waals surface area contributed by atoms with Crippen LogP contribution in [0.15, 0.2) is 6.07 Å². The van der Waals surface area contributed by atoms with Crippen LogP contribution in [0.2, 0.25) is 0 Å². The van der Waals surface area contributed by atoms with Crippen LogP contribution in [0.1, 0.15) is 60.9 Å². The molecule has 1 atom stereocenters. The summed E-state index contributed by atoms with van der Waals surface area (Å²) in [5.74, 6) is 0. The van der Waals surface area contributed by atoms with Crippen LogP contribution in [0, 0.1) is 0 Å². The molecule has 0 spiro atoms. The van der Waals surface area contributed by atoms with Crippen LogP contribution >= 0.6 is 11.3 Å². The van der Waals surface area contributed by atoms with E-state index in [1.165, 1.54) is 38.5 Å². The van der Waals surface area contributed by atoms with E-state index in [9.17, 15) is 0 Å². The van der Waals surface area contributed by atoms with E-state index in [4.69, 9.17) is 0 Å². The molecule has 1 unspecified atom stereocenters. The predicted octanol–water partition coefficient (Wildman–Crippen LogP) is 4.08. The zero-order valence-corrected chi connectivity index (χ0v) is 11.3. The number of nitrogens with one attached hydrogen (secondary N) is 1. The third-order valence-corrected chi connectivity index (χ3v) is 4.81. The van der Waals surface area contributed by atoms with E-state index in [0.717, 1.165) is 6.54 Å². The average molecular weight is 237 g/mol. The van der Waals surface area contributed by atoms with E-state index < -0.39 is 0 Å². The summed E-state index contributed by atoms with van der Waals surface area (Å²) < 4.78 is 0. The minimum Gasteiger partial charge on any atom is -0.309 e. The maximum atomic E-state index is 3.58. The zero-order chi connectivity index (χ0) is 11.4. The summed E-state index contributed by atoms with van der Waals surface area (Å²) in [4.78, 5) is 3.21. The fraction of sp³-hybridized carbons (Fsp3) is 0.714. The van der Waals surface area contributed by atoms with Crippen molar-refractivity contribution < 1.29 is 0 Å². The van der Waals surface area contributed by atoms with Crippen molar-refractivity contribution in [3.05, 3.63) is 21.4 Å². The minimum atomic E-state index is 0.539. The van der Waals surface area contributed by atoms with E-state index in [2.05, 4.69) is 25.2 Å². The Bertz CT molecular complexity index is 306.